The van der Waals surface area contributed by atoms with Crippen molar-refractivity contribution >= 4 is 5.78 Å². The molecule has 0 amide bonds. The Hall–Kier alpha value is -1.18. The van der Waals surface area contributed by atoms with Crippen LogP contribution in [0, 0.1) is 5.82 Å². The number of hydrogen-bond acceptors (Lipinski definition) is 1. The molecule has 50 valence electrons. The minimum Gasteiger partial charge on any atom is -0.294 e. The largest absolute Gasteiger partial charge is 0.294 e. The van der Waals surface area contributed by atoms with Crippen molar-refractivity contribution < 1.29 is 9.18 Å². The minimum absolute atomic E-state index is 0.0758. The molecule has 0 aliphatic heterocycles. The van der Waals surface area contributed by atoms with Gasteiger partial charge in [0.25, 0.3) is 0 Å². The molecule has 0 radical (unpaired) electrons. The molecule has 0 saturated carbocycles. The van der Waals surface area contributed by atoms with Gasteiger partial charge in [0, 0.05) is 6.42 Å². The first kappa shape index (κ1) is 5.59. The van der Waals surface area contributed by atoms with Crippen LogP contribution in [0.25, 0.3) is 0 Å². The first-order valence-electron chi connectivity index (χ1n) is 3.09. The summed E-state index contributed by atoms with van der Waals surface area (Å²) in [6.45, 7) is 0. The van der Waals surface area contributed by atoms with Crippen LogP contribution >= 0.6 is 0 Å². The molecule has 0 aromatic heterocycles. The number of Topliss-reactive ketones (excluding diaryl/α,β-unsaturated/α-hetero) is 1. The number of carbonyl (C=O) groups is 1. The Morgan fingerprint density at radius 1 is 1.40 bits per heavy atom. The average Bonchev–Trinajstić information content (AvgIpc) is 1.85. The molecular formula is C8H5FO. The molecule has 0 N–H and O–H groups in total. The zero-order chi connectivity index (χ0) is 7.14. The predicted molar refractivity (Wildman–Crippen MR) is 34.4 cm³/mol. The van der Waals surface area contributed by atoms with Gasteiger partial charge in [0.05, 0.1) is 5.56 Å². The fraction of sp³-hybridized carbons (Fsp3) is 0.125. The van der Waals surface area contributed by atoms with Crippen molar-refractivity contribution in [2.75, 3.05) is 0 Å². The Labute approximate surface area is 57.5 Å². The second-order valence-electron chi connectivity index (χ2n) is 2.37. The zero-order valence-corrected chi connectivity index (χ0v) is 5.23. The summed E-state index contributed by atoms with van der Waals surface area (Å²) in [7, 11) is 0. The number of halogens is 1. The Morgan fingerprint density at radius 2 is 2.20 bits per heavy atom. The van der Waals surface area contributed by atoms with Crippen LogP contribution in [-0.4, -0.2) is 5.78 Å². The summed E-state index contributed by atoms with van der Waals surface area (Å²) in [5.74, 6) is -0.457. The molecule has 2 rings (SSSR count). The first-order valence-corrected chi connectivity index (χ1v) is 3.09. The van der Waals surface area contributed by atoms with Gasteiger partial charge in [-0.25, -0.2) is 4.39 Å². The van der Waals surface area contributed by atoms with Crippen LogP contribution in [0.3, 0.4) is 0 Å². The van der Waals surface area contributed by atoms with E-state index in [4.69, 9.17) is 0 Å². The summed E-state index contributed by atoms with van der Waals surface area (Å²) in [6.07, 6.45) is 0.410. The first-order chi connectivity index (χ1) is 4.79. The van der Waals surface area contributed by atoms with E-state index in [0.29, 0.717) is 12.0 Å². The molecule has 2 heteroatoms. The van der Waals surface area contributed by atoms with Crippen LogP contribution in [0.4, 0.5) is 4.39 Å². The highest BCUT2D eigenvalue weighted by Crippen LogP contribution is 2.24. The summed E-state index contributed by atoms with van der Waals surface area (Å²) in [4.78, 5) is 10.7. The van der Waals surface area contributed by atoms with E-state index in [2.05, 4.69) is 0 Å². The topological polar surface area (TPSA) is 17.1 Å². The molecule has 0 unspecified atom stereocenters. The van der Waals surface area contributed by atoms with Crippen molar-refractivity contribution in [3.8, 4) is 0 Å². The van der Waals surface area contributed by atoms with Gasteiger partial charge in [0.1, 0.15) is 5.82 Å². The van der Waals surface area contributed by atoms with E-state index in [1.807, 2.05) is 0 Å². The van der Waals surface area contributed by atoms with Crippen LogP contribution in [0.5, 0.6) is 0 Å². The van der Waals surface area contributed by atoms with E-state index in [0.717, 1.165) is 5.56 Å². The highest BCUT2D eigenvalue weighted by Gasteiger charge is 2.25. The third-order valence-electron chi connectivity index (χ3n) is 1.73. The Balaban J connectivity index is 2.68. The lowest BCUT2D eigenvalue weighted by molar-refractivity contribution is 0.0963. The Kier molecular flexibility index (Phi) is 0.926. The molecule has 0 fully saturated rings. The van der Waals surface area contributed by atoms with E-state index < -0.39 is 0 Å². The number of fused-ring (bicyclic) bond motifs is 1. The van der Waals surface area contributed by atoms with E-state index in [-0.39, 0.29) is 11.6 Å². The number of ketones is 1. The van der Waals surface area contributed by atoms with Crippen LogP contribution in [0.15, 0.2) is 18.2 Å². The van der Waals surface area contributed by atoms with Crippen molar-refractivity contribution in [2.45, 2.75) is 6.42 Å². The Morgan fingerprint density at radius 3 is 2.70 bits per heavy atom. The van der Waals surface area contributed by atoms with Crippen LogP contribution in [-0.2, 0) is 6.42 Å². The van der Waals surface area contributed by atoms with E-state index in [1.54, 1.807) is 12.1 Å². The van der Waals surface area contributed by atoms with Crippen molar-refractivity contribution in [1.29, 1.82) is 0 Å². The lowest BCUT2D eigenvalue weighted by atomic mass is 9.87. The lowest BCUT2D eigenvalue weighted by Gasteiger charge is -2.16. The fourth-order valence-corrected chi connectivity index (χ4v) is 1.18. The van der Waals surface area contributed by atoms with Gasteiger partial charge in [0.15, 0.2) is 5.78 Å². The molecule has 0 saturated heterocycles. The second-order valence-corrected chi connectivity index (χ2v) is 2.37. The molecule has 0 bridgehead atoms. The van der Waals surface area contributed by atoms with E-state index in [9.17, 15) is 9.18 Å². The maximum atomic E-state index is 12.7. The SMILES string of the molecule is O=C1Cc2cccc(F)c21. The maximum absolute atomic E-state index is 12.7. The molecule has 1 aliphatic carbocycles. The minimum atomic E-state index is -0.381. The van der Waals surface area contributed by atoms with Gasteiger partial charge in [-0.1, -0.05) is 12.1 Å². The molecule has 0 heterocycles. The lowest BCUT2D eigenvalue weighted by Crippen LogP contribution is -2.20. The number of carbonyl (C=O) groups excluding carboxylic acids is 1. The van der Waals surface area contributed by atoms with Crippen molar-refractivity contribution in [2.24, 2.45) is 0 Å². The summed E-state index contributed by atoms with van der Waals surface area (Å²) < 4.78 is 12.7. The average molecular weight is 136 g/mol. The summed E-state index contributed by atoms with van der Waals surface area (Å²) in [5.41, 5.74) is 1.13. The van der Waals surface area contributed by atoms with Crippen molar-refractivity contribution in [1.82, 2.24) is 0 Å². The fourth-order valence-electron chi connectivity index (χ4n) is 1.18. The highest BCUT2D eigenvalue weighted by molar-refractivity contribution is 6.06. The number of rotatable bonds is 0. The van der Waals surface area contributed by atoms with Crippen molar-refractivity contribution in [3.63, 3.8) is 0 Å². The van der Waals surface area contributed by atoms with E-state index >= 15 is 0 Å². The summed E-state index contributed by atoms with van der Waals surface area (Å²) in [5, 5.41) is 0. The van der Waals surface area contributed by atoms with Gasteiger partial charge in [-0.05, 0) is 11.6 Å². The van der Waals surface area contributed by atoms with Crippen molar-refractivity contribution in [3.05, 3.63) is 35.1 Å². The molecule has 1 aromatic carbocycles. The van der Waals surface area contributed by atoms with E-state index in [1.165, 1.54) is 6.07 Å². The third-order valence-corrected chi connectivity index (χ3v) is 1.73. The molecule has 1 aromatic rings. The molecule has 1 nitrogen and oxygen atoms in total. The molecule has 0 atom stereocenters. The predicted octanol–water partition coefficient (Wildman–Crippen LogP) is 1.56. The van der Waals surface area contributed by atoms with Gasteiger partial charge in [-0.3, -0.25) is 4.79 Å². The summed E-state index contributed by atoms with van der Waals surface area (Å²) in [6, 6.07) is 4.72. The summed E-state index contributed by atoms with van der Waals surface area (Å²) >= 11 is 0. The van der Waals surface area contributed by atoms with Gasteiger partial charge < -0.3 is 0 Å². The van der Waals surface area contributed by atoms with Crippen LogP contribution < -0.4 is 0 Å². The quantitative estimate of drug-likeness (QED) is 0.529. The molecular weight excluding hydrogens is 131 g/mol. The van der Waals surface area contributed by atoms with Gasteiger partial charge in [-0.15, -0.1) is 0 Å². The smallest absolute Gasteiger partial charge is 0.170 e. The van der Waals surface area contributed by atoms with Crippen LogP contribution in [0.1, 0.15) is 15.9 Å². The normalized spacial score (nSPS) is 14.3. The van der Waals surface area contributed by atoms with Gasteiger partial charge in [-0.2, -0.15) is 0 Å². The number of hydrogen-bond donors (Lipinski definition) is 0. The highest BCUT2D eigenvalue weighted by atomic mass is 19.1. The number of benzene rings is 1. The van der Waals surface area contributed by atoms with Gasteiger partial charge in [0.2, 0.25) is 0 Å². The zero-order valence-electron chi connectivity index (χ0n) is 5.23. The Bertz CT molecular complexity index is 290. The molecule has 1 aliphatic rings. The second kappa shape index (κ2) is 1.66. The third kappa shape index (κ3) is 0.533. The molecule has 10 heavy (non-hydrogen) atoms. The standard InChI is InChI=1S/C8H5FO/c9-6-3-1-2-5-4-7(10)8(5)6/h1-3H,4H2. The molecule has 0 spiro atoms. The van der Waals surface area contributed by atoms with Crippen LogP contribution in [0.2, 0.25) is 0 Å². The van der Waals surface area contributed by atoms with Gasteiger partial charge >= 0.3 is 0 Å². The maximum Gasteiger partial charge on any atom is 0.170 e. The monoisotopic (exact) mass is 136 g/mol.